The van der Waals surface area contributed by atoms with E-state index in [1.165, 1.54) is 12.5 Å². The number of oxazole rings is 1. The van der Waals surface area contributed by atoms with Crippen LogP contribution >= 0.6 is 0 Å². The van der Waals surface area contributed by atoms with E-state index in [4.69, 9.17) is 4.42 Å². The Hall–Kier alpha value is -1.84. The van der Waals surface area contributed by atoms with Gasteiger partial charge in [-0.1, -0.05) is 0 Å². The minimum Gasteiger partial charge on any atom is -0.444 e. The molecular formula is C8H6N2O2. The van der Waals surface area contributed by atoms with E-state index in [-0.39, 0.29) is 5.56 Å². The Balaban J connectivity index is 2.63. The molecular weight excluding hydrogens is 156 g/mol. The van der Waals surface area contributed by atoms with E-state index in [1.807, 2.05) is 0 Å². The summed E-state index contributed by atoms with van der Waals surface area (Å²) in [6.07, 6.45) is 4.50. The monoisotopic (exact) mass is 162 g/mol. The molecule has 0 saturated heterocycles. The lowest BCUT2D eigenvalue weighted by Crippen LogP contribution is -2.06. The minimum atomic E-state index is -0.194. The average Bonchev–Trinajstić information content (AvgIpc) is 2.57. The number of hydrogen-bond donors (Lipinski definition) is 1. The smallest absolute Gasteiger partial charge is 0.260 e. The predicted molar refractivity (Wildman–Crippen MR) is 42.6 cm³/mol. The minimum absolute atomic E-state index is 0.194. The first kappa shape index (κ1) is 6.84. The van der Waals surface area contributed by atoms with Crippen LogP contribution in [0.2, 0.25) is 0 Å². The topological polar surface area (TPSA) is 58.9 Å². The fourth-order valence-corrected chi connectivity index (χ4v) is 0.946. The van der Waals surface area contributed by atoms with Crippen molar-refractivity contribution in [1.29, 1.82) is 0 Å². The van der Waals surface area contributed by atoms with Crippen LogP contribution in [0.4, 0.5) is 0 Å². The first-order chi connectivity index (χ1) is 5.88. The van der Waals surface area contributed by atoms with Crippen LogP contribution in [0.15, 0.2) is 40.0 Å². The summed E-state index contributed by atoms with van der Waals surface area (Å²) in [6.45, 7) is 0. The third-order valence-corrected chi connectivity index (χ3v) is 1.48. The molecule has 2 aromatic heterocycles. The molecule has 4 heteroatoms. The van der Waals surface area contributed by atoms with Gasteiger partial charge >= 0.3 is 0 Å². The van der Waals surface area contributed by atoms with Crippen molar-refractivity contribution in [3.05, 3.63) is 41.1 Å². The second-order valence-electron chi connectivity index (χ2n) is 2.25. The highest BCUT2D eigenvalue weighted by Gasteiger charge is 2.04. The maximum Gasteiger partial charge on any atom is 0.260 e. The number of hydrogen-bond acceptors (Lipinski definition) is 3. The van der Waals surface area contributed by atoms with Crippen LogP contribution in [0.25, 0.3) is 11.5 Å². The molecule has 0 amide bonds. The summed E-state index contributed by atoms with van der Waals surface area (Å²) in [5.74, 6) is 0.344. The molecule has 12 heavy (non-hydrogen) atoms. The van der Waals surface area contributed by atoms with Gasteiger partial charge in [-0.3, -0.25) is 4.79 Å². The summed E-state index contributed by atoms with van der Waals surface area (Å²) < 4.78 is 4.97. The van der Waals surface area contributed by atoms with Crippen LogP contribution in [-0.2, 0) is 0 Å². The van der Waals surface area contributed by atoms with Crippen molar-refractivity contribution in [2.24, 2.45) is 0 Å². The molecule has 0 saturated carbocycles. The Morgan fingerprint density at radius 2 is 2.42 bits per heavy atom. The Bertz CT molecular complexity index is 417. The number of aromatic nitrogens is 2. The van der Waals surface area contributed by atoms with E-state index < -0.39 is 0 Å². The molecule has 0 bridgehead atoms. The van der Waals surface area contributed by atoms with Gasteiger partial charge in [0.1, 0.15) is 11.8 Å². The fraction of sp³-hybridized carbons (Fsp3) is 0. The summed E-state index contributed by atoms with van der Waals surface area (Å²) >= 11 is 0. The zero-order valence-corrected chi connectivity index (χ0v) is 6.15. The molecule has 0 spiro atoms. The number of rotatable bonds is 1. The van der Waals surface area contributed by atoms with Crippen LogP contribution in [0, 0.1) is 0 Å². The summed E-state index contributed by atoms with van der Waals surface area (Å²) in [6, 6.07) is 3.38. The van der Waals surface area contributed by atoms with Gasteiger partial charge in [-0.05, 0) is 12.1 Å². The summed E-state index contributed by atoms with van der Waals surface area (Å²) in [7, 11) is 0. The van der Waals surface area contributed by atoms with Crippen LogP contribution in [-0.4, -0.2) is 9.97 Å². The van der Waals surface area contributed by atoms with Gasteiger partial charge < -0.3 is 9.40 Å². The van der Waals surface area contributed by atoms with Gasteiger partial charge in [0.05, 0.1) is 6.20 Å². The van der Waals surface area contributed by atoms with E-state index >= 15 is 0 Å². The first-order valence-electron chi connectivity index (χ1n) is 3.45. The van der Waals surface area contributed by atoms with E-state index in [0.29, 0.717) is 11.5 Å². The van der Waals surface area contributed by atoms with Crippen molar-refractivity contribution in [3.8, 4) is 11.5 Å². The standard InChI is InChI=1S/C8H6N2O2/c11-7-6(2-1-3-9-7)8-10-4-5-12-8/h1-5H,(H,9,11). The molecule has 0 unspecified atom stereocenters. The molecule has 2 heterocycles. The highest BCUT2D eigenvalue weighted by Crippen LogP contribution is 2.09. The lowest BCUT2D eigenvalue weighted by atomic mass is 10.3. The van der Waals surface area contributed by atoms with E-state index in [1.54, 1.807) is 18.3 Å². The quantitative estimate of drug-likeness (QED) is 0.681. The average molecular weight is 162 g/mol. The predicted octanol–water partition coefficient (Wildman–Crippen LogP) is 1.03. The van der Waals surface area contributed by atoms with Crippen LogP contribution < -0.4 is 5.56 Å². The molecule has 0 radical (unpaired) electrons. The van der Waals surface area contributed by atoms with Gasteiger partial charge in [0.15, 0.2) is 0 Å². The van der Waals surface area contributed by atoms with Crippen LogP contribution in [0.1, 0.15) is 0 Å². The summed E-state index contributed by atoms with van der Waals surface area (Å²) in [5, 5.41) is 0. The van der Waals surface area contributed by atoms with E-state index in [0.717, 1.165) is 0 Å². The first-order valence-corrected chi connectivity index (χ1v) is 3.45. The number of nitrogens with one attached hydrogen (secondary N) is 1. The molecule has 0 aromatic carbocycles. The Kier molecular flexibility index (Phi) is 1.51. The molecule has 2 aromatic rings. The number of pyridine rings is 1. The lowest BCUT2D eigenvalue weighted by molar-refractivity contribution is 0.573. The number of H-pyrrole nitrogens is 1. The molecule has 60 valence electrons. The molecule has 1 N–H and O–H groups in total. The van der Waals surface area contributed by atoms with Crippen molar-refractivity contribution < 1.29 is 4.42 Å². The lowest BCUT2D eigenvalue weighted by Gasteiger charge is -1.90. The molecule has 4 nitrogen and oxygen atoms in total. The number of aromatic amines is 1. The highest BCUT2D eigenvalue weighted by atomic mass is 16.3. The third kappa shape index (κ3) is 1.03. The fourth-order valence-electron chi connectivity index (χ4n) is 0.946. The van der Waals surface area contributed by atoms with Crippen LogP contribution in [0.5, 0.6) is 0 Å². The third-order valence-electron chi connectivity index (χ3n) is 1.48. The second kappa shape index (κ2) is 2.65. The van der Waals surface area contributed by atoms with Crippen molar-refractivity contribution in [2.75, 3.05) is 0 Å². The maximum atomic E-state index is 11.2. The maximum absolute atomic E-state index is 11.2. The van der Waals surface area contributed by atoms with Gasteiger partial charge in [-0.2, -0.15) is 0 Å². The Morgan fingerprint density at radius 3 is 3.08 bits per heavy atom. The molecule has 0 aliphatic carbocycles. The summed E-state index contributed by atoms with van der Waals surface area (Å²) in [5.41, 5.74) is 0.252. The van der Waals surface area contributed by atoms with E-state index in [2.05, 4.69) is 9.97 Å². The Morgan fingerprint density at radius 1 is 1.50 bits per heavy atom. The van der Waals surface area contributed by atoms with Crippen molar-refractivity contribution >= 4 is 0 Å². The molecule has 0 aliphatic rings. The molecule has 0 aliphatic heterocycles. The van der Waals surface area contributed by atoms with Crippen molar-refractivity contribution in [3.63, 3.8) is 0 Å². The van der Waals surface area contributed by atoms with Gasteiger partial charge in [-0.25, -0.2) is 4.98 Å². The zero-order chi connectivity index (χ0) is 8.39. The largest absolute Gasteiger partial charge is 0.444 e. The SMILES string of the molecule is O=c1[nH]cccc1-c1ncco1. The zero-order valence-electron chi connectivity index (χ0n) is 6.15. The Labute approximate surface area is 67.9 Å². The van der Waals surface area contributed by atoms with Gasteiger partial charge in [0.2, 0.25) is 5.89 Å². The van der Waals surface area contributed by atoms with Crippen molar-refractivity contribution in [1.82, 2.24) is 9.97 Å². The molecule has 0 fully saturated rings. The molecule has 0 atom stereocenters. The van der Waals surface area contributed by atoms with Crippen LogP contribution in [0.3, 0.4) is 0 Å². The molecule has 2 rings (SSSR count). The summed E-state index contributed by atoms with van der Waals surface area (Å²) in [4.78, 5) is 17.6. The van der Waals surface area contributed by atoms with Gasteiger partial charge in [0, 0.05) is 6.20 Å². The van der Waals surface area contributed by atoms with Crippen molar-refractivity contribution in [2.45, 2.75) is 0 Å². The van der Waals surface area contributed by atoms with Gasteiger partial charge in [0.25, 0.3) is 5.56 Å². The number of nitrogens with zero attached hydrogens (tertiary/aromatic N) is 1. The normalized spacial score (nSPS) is 10.0. The highest BCUT2D eigenvalue weighted by molar-refractivity contribution is 5.50. The van der Waals surface area contributed by atoms with E-state index in [9.17, 15) is 4.79 Å². The van der Waals surface area contributed by atoms with Gasteiger partial charge in [-0.15, -0.1) is 0 Å². The second-order valence-corrected chi connectivity index (χ2v) is 2.25.